The summed E-state index contributed by atoms with van der Waals surface area (Å²) in [6.07, 6.45) is 11.0. The number of urea groups is 1. The third-order valence-corrected chi connectivity index (χ3v) is 9.59. The summed E-state index contributed by atoms with van der Waals surface area (Å²) in [5, 5.41) is 8.50. The van der Waals surface area contributed by atoms with Crippen LogP contribution in [-0.2, 0) is 24.0 Å². The first kappa shape index (κ1) is 31.9. The summed E-state index contributed by atoms with van der Waals surface area (Å²) < 4.78 is 0. The predicted octanol–water partition coefficient (Wildman–Crippen LogP) is 2.35. The second-order valence-electron chi connectivity index (χ2n) is 14.0. The Morgan fingerprint density at radius 2 is 1.48 bits per heavy atom. The van der Waals surface area contributed by atoms with Crippen LogP contribution in [0, 0.1) is 23.2 Å². The Balaban J connectivity index is 1.44. The molecule has 0 aromatic heterocycles. The quantitative estimate of drug-likeness (QED) is 0.256. The van der Waals surface area contributed by atoms with E-state index < -0.39 is 59.1 Å². The summed E-state index contributed by atoms with van der Waals surface area (Å²) in [5.41, 5.74) is 4.57. The van der Waals surface area contributed by atoms with Crippen molar-refractivity contribution in [3.63, 3.8) is 0 Å². The molecule has 11 heteroatoms. The van der Waals surface area contributed by atoms with Gasteiger partial charge in [0.1, 0.15) is 12.1 Å². The summed E-state index contributed by atoms with van der Waals surface area (Å²) in [4.78, 5) is 79.4. The van der Waals surface area contributed by atoms with E-state index in [9.17, 15) is 28.8 Å². The molecule has 0 aromatic carbocycles. The number of nitrogens with zero attached hydrogens (tertiary/aromatic N) is 1. The molecule has 0 radical (unpaired) electrons. The van der Waals surface area contributed by atoms with E-state index in [0.717, 1.165) is 64.2 Å². The Morgan fingerprint density at radius 3 is 2.02 bits per heavy atom. The fourth-order valence-electron chi connectivity index (χ4n) is 6.68. The zero-order valence-corrected chi connectivity index (χ0v) is 25.4. The summed E-state index contributed by atoms with van der Waals surface area (Å²) in [5.74, 6) is -2.36. The molecule has 5 N–H and O–H groups in total. The van der Waals surface area contributed by atoms with Crippen LogP contribution in [0.15, 0.2) is 0 Å². The van der Waals surface area contributed by atoms with Crippen molar-refractivity contribution in [1.29, 1.82) is 0 Å². The molecule has 42 heavy (non-hydrogen) atoms. The minimum atomic E-state index is -1.09. The Labute approximate surface area is 248 Å². The van der Waals surface area contributed by atoms with Gasteiger partial charge in [0, 0.05) is 12.5 Å². The fraction of sp³-hybridized carbons (Fsp3) is 0.806. The van der Waals surface area contributed by atoms with E-state index in [1.807, 2.05) is 20.8 Å². The Bertz CT molecular complexity index is 1060. The molecular formula is C31H49N5O6. The maximum absolute atomic E-state index is 13.9. The number of carbonyl (C=O) groups excluding carboxylic acids is 6. The van der Waals surface area contributed by atoms with Crippen LogP contribution in [0.5, 0.6) is 0 Å². The zero-order valence-electron chi connectivity index (χ0n) is 25.4. The van der Waals surface area contributed by atoms with Crippen LogP contribution < -0.4 is 21.7 Å². The van der Waals surface area contributed by atoms with Gasteiger partial charge in [-0.3, -0.25) is 24.0 Å². The van der Waals surface area contributed by atoms with Gasteiger partial charge in [0.05, 0.1) is 12.1 Å². The van der Waals surface area contributed by atoms with Crippen LogP contribution in [0.1, 0.15) is 104 Å². The molecule has 4 aliphatic rings. The van der Waals surface area contributed by atoms with E-state index in [4.69, 9.17) is 5.73 Å². The molecule has 234 valence electrons. The lowest BCUT2D eigenvalue weighted by molar-refractivity contribution is -0.143. The first-order valence-corrected chi connectivity index (χ1v) is 15.9. The van der Waals surface area contributed by atoms with Gasteiger partial charge in [0.15, 0.2) is 5.78 Å². The molecule has 1 aliphatic heterocycles. The van der Waals surface area contributed by atoms with Gasteiger partial charge in [0.25, 0.3) is 5.91 Å². The monoisotopic (exact) mass is 587 g/mol. The first-order valence-electron chi connectivity index (χ1n) is 15.9. The van der Waals surface area contributed by atoms with Gasteiger partial charge >= 0.3 is 6.03 Å². The van der Waals surface area contributed by atoms with Crippen molar-refractivity contribution in [2.75, 3.05) is 6.54 Å². The number of primary amides is 1. The van der Waals surface area contributed by atoms with E-state index in [0.29, 0.717) is 25.8 Å². The van der Waals surface area contributed by atoms with Crippen LogP contribution in [-0.4, -0.2) is 70.9 Å². The van der Waals surface area contributed by atoms with Crippen molar-refractivity contribution < 1.29 is 28.8 Å². The van der Waals surface area contributed by atoms with Gasteiger partial charge < -0.3 is 26.6 Å². The SMILES string of the molecule is CC(C)(C)C(NC(=O)NC(C(=O)C1CC1)C1CCCCC1)C(=O)N1CCCC1C(=O)NC(CC1CCC1)C(=O)C(N)=O. The van der Waals surface area contributed by atoms with Crippen LogP contribution in [0.4, 0.5) is 4.79 Å². The molecule has 0 aromatic rings. The number of ketones is 2. The standard InChI is InChI=1S/C31H49N5O6/c1-31(2,3)26(35-30(42)34-23(24(37)20-14-15-20)19-11-5-4-6-12-19)29(41)36-16-8-13-22(36)28(40)33-21(25(38)27(32)39)17-18-9-7-10-18/h18-23,26H,4-17H2,1-3H3,(H2,32,39)(H,33,40)(H2,34,35,42). The first-order chi connectivity index (χ1) is 19.9. The number of nitrogens with one attached hydrogen (secondary N) is 3. The normalized spacial score (nSPS) is 23.7. The number of nitrogens with two attached hydrogens (primary N) is 1. The van der Waals surface area contributed by atoms with Crippen molar-refractivity contribution >= 4 is 35.3 Å². The largest absolute Gasteiger partial charge is 0.363 e. The molecule has 4 rings (SSSR count). The molecule has 0 spiro atoms. The van der Waals surface area contributed by atoms with Crippen molar-refractivity contribution in [2.24, 2.45) is 28.9 Å². The van der Waals surface area contributed by atoms with Gasteiger partial charge in [-0.2, -0.15) is 0 Å². The lowest BCUT2D eigenvalue weighted by atomic mass is 9.80. The average molecular weight is 588 g/mol. The Morgan fingerprint density at radius 1 is 0.810 bits per heavy atom. The van der Waals surface area contributed by atoms with E-state index >= 15 is 0 Å². The van der Waals surface area contributed by atoms with Crippen LogP contribution in [0.2, 0.25) is 0 Å². The molecule has 1 saturated heterocycles. The lowest BCUT2D eigenvalue weighted by Crippen LogP contribution is -2.61. The van der Waals surface area contributed by atoms with Gasteiger partial charge in [0.2, 0.25) is 17.6 Å². The highest BCUT2D eigenvalue weighted by atomic mass is 16.2. The van der Waals surface area contributed by atoms with E-state index in [1.54, 1.807) is 0 Å². The second kappa shape index (κ2) is 13.5. The molecule has 11 nitrogen and oxygen atoms in total. The van der Waals surface area contributed by atoms with Gasteiger partial charge in [-0.1, -0.05) is 59.3 Å². The average Bonchev–Trinajstić information content (AvgIpc) is 3.65. The molecule has 3 saturated carbocycles. The van der Waals surface area contributed by atoms with Crippen LogP contribution in [0.25, 0.3) is 0 Å². The summed E-state index contributed by atoms with van der Waals surface area (Å²) >= 11 is 0. The third kappa shape index (κ3) is 7.89. The minimum absolute atomic E-state index is 0.00991. The molecule has 4 fully saturated rings. The van der Waals surface area contributed by atoms with E-state index in [-0.39, 0.29) is 23.5 Å². The zero-order chi connectivity index (χ0) is 30.6. The topological polar surface area (TPSA) is 168 Å². The minimum Gasteiger partial charge on any atom is -0.363 e. The molecule has 5 amide bonds. The van der Waals surface area contributed by atoms with Crippen LogP contribution in [0.3, 0.4) is 0 Å². The van der Waals surface area contributed by atoms with Gasteiger partial charge in [-0.15, -0.1) is 0 Å². The van der Waals surface area contributed by atoms with Gasteiger partial charge in [-0.05, 0) is 62.2 Å². The maximum Gasteiger partial charge on any atom is 0.316 e. The number of hydrogen-bond acceptors (Lipinski definition) is 6. The van der Waals surface area contributed by atoms with Crippen molar-refractivity contribution in [1.82, 2.24) is 20.9 Å². The summed E-state index contributed by atoms with van der Waals surface area (Å²) in [7, 11) is 0. The highest BCUT2D eigenvalue weighted by Gasteiger charge is 2.44. The van der Waals surface area contributed by atoms with Gasteiger partial charge in [-0.25, -0.2) is 4.79 Å². The molecule has 4 unspecified atom stereocenters. The van der Waals surface area contributed by atoms with Crippen molar-refractivity contribution in [3.05, 3.63) is 0 Å². The molecule has 4 atom stereocenters. The molecule has 0 bridgehead atoms. The fourth-order valence-corrected chi connectivity index (χ4v) is 6.68. The number of carbonyl (C=O) groups is 6. The number of hydrogen-bond donors (Lipinski definition) is 4. The predicted molar refractivity (Wildman–Crippen MR) is 156 cm³/mol. The van der Waals surface area contributed by atoms with Crippen molar-refractivity contribution in [2.45, 2.75) is 128 Å². The molecular weight excluding hydrogens is 538 g/mol. The van der Waals surface area contributed by atoms with Crippen molar-refractivity contribution in [3.8, 4) is 0 Å². The van der Waals surface area contributed by atoms with Crippen LogP contribution >= 0.6 is 0 Å². The highest BCUT2D eigenvalue weighted by Crippen LogP contribution is 2.36. The Kier molecular flexibility index (Phi) is 10.3. The molecule has 3 aliphatic carbocycles. The Hall–Kier alpha value is -2.98. The smallest absolute Gasteiger partial charge is 0.316 e. The highest BCUT2D eigenvalue weighted by molar-refractivity contribution is 6.37. The lowest BCUT2D eigenvalue weighted by Gasteiger charge is -2.37. The van der Waals surface area contributed by atoms with E-state index in [1.165, 1.54) is 4.90 Å². The number of rotatable bonds is 12. The summed E-state index contributed by atoms with van der Waals surface area (Å²) in [6.45, 7) is 5.86. The maximum atomic E-state index is 13.9. The number of Topliss-reactive ketones (excluding diaryl/α,β-unsaturated/α-hetero) is 2. The molecule has 1 heterocycles. The van der Waals surface area contributed by atoms with E-state index in [2.05, 4.69) is 16.0 Å². The summed E-state index contributed by atoms with van der Waals surface area (Å²) in [6, 6.07) is -3.91. The number of likely N-dealkylation sites (tertiary alicyclic amines) is 1. The third-order valence-electron chi connectivity index (χ3n) is 9.59. The second-order valence-corrected chi connectivity index (χ2v) is 14.0. The number of amides is 5.